The molecule has 0 bridgehead atoms. The van der Waals surface area contributed by atoms with E-state index in [9.17, 15) is 0 Å². The normalized spacial score (nSPS) is 10.8. The van der Waals surface area contributed by atoms with Crippen molar-refractivity contribution in [3.63, 3.8) is 0 Å². The summed E-state index contributed by atoms with van der Waals surface area (Å²) in [6.45, 7) is 2.01. The van der Waals surface area contributed by atoms with Crippen LogP contribution in [0.1, 0.15) is 5.56 Å². The zero-order chi connectivity index (χ0) is 15.0. The Morgan fingerprint density at radius 2 is 1.67 bits per heavy atom. The molecule has 4 nitrogen and oxygen atoms in total. The lowest BCUT2D eigenvalue weighted by Gasteiger charge is -2.04. The van der Waals surface area contributed by atoms with Gasteiger partial charge < -0.3 is 10.3 Å². The van der Waals surface area contributed by atoms with Crippen molar-refractivity contribution in [1.29, 1.82) is 0 Å². The molecule has 0 unspecified atom stereocenters. The molecule has 0 aliphatic rings. The predicted molar refractivity (Wildman–Crippen MR) is 84.3 cm³/mol. The summed E-state index contributed by atoms with van der Waals surface area (Å²) >= 11 is 12.1. The van der Waals surface area contributed by atoms with Crippen LogP contribution in [0.25, 0.3) is 22.8 Å². The van der Waals surface area contributed by atoms with Gasteiger partial charge in [-0.3, -0.25) is 0 Å². The topological polar surface area (TPSA) is 64.9 Å². The van der Waals surface area contributed by atoms with Crippen molar-refractivity contribution in [2.45, 2.75) is 6.92 Å². The highest BCUT2D eigenvalue weighted by molar-refractivity contribution is 6.37. The molecule has 0 fully saturated rings. The second-order valence-electron chi connectivity index (χ2n) is 4.61. The Hall–Kier alpha value is -2.04. The van der Waals surface area contributed by atoms with E-state index < -0.39 is 0 Å². The number of rotatable bonds is 2. The third-order valence-corrected chi connectivity index (χ3v) is 3.74. The highest BCUT2D eigenvalue weighted by Crippen LogP contribution is 2.37. The summed E-state index contributed by atoms with van der Waals surface area (Å²) in [7, 11) is 0. The Morgan fingerprint density at radius 1 is 1.00 bits per heavy atom. The van der Waals surface area contributed by atoms with Gasteiger partial charge in [0.15, 0.2) is 0 Å². The molecule has 0 amide bonds. The smallest absolute Gasteiger partial charge is 0.261 e. The summed E-state index contributed by atoms with van der Waals surface area (Å²) < 4.78 is 5.27. The molecule has 1 aromatic heterocycles. The van der Waals surface area contributed by atoms with E-state index in [4.69, 9.17) is 33.5 Å². The number of hydrogen-bond acceptors (Lipinski definition) is 4. The molecule has 0 spiro atoms. The van der Waals surface area contributed by atoms with E-state index in [1.54, 1.807) is 12.1 Å². The number of nitrogens with two attached hydrogens (primary N) is 1. The van der Waals surface area contributed by atoms with Crippen LogP contribution in [0.3, 0.4) is 0 Å². The van der Waals surface area contributed by atoms with Crippen molar-refractivity contribution in [2.24, 2.45) is 0 Å². The molecular formula is C15H11Cl2N3O. The maximum Gasteiger partial charge on any atom is 0.261 e. The van der Waals surface area contributed by atoms with Crippen LogP contribution < -0.4 is 5.73 Å². The number of hydrogen-bond donors (Lipinski definition) is 1. The maximum absolute atomic E-state index is 6.15. The van der Waals surface area contributed by atoms with Gasteiger partial charge in [-0.25, -0.2) is 0 Å². The fraction of sp³-hybridized carbons (Fsp3) is 0.0667. The van der Waals surface area contributed by atoms with E-state index in [1.165, 1.54) is 0 Å². The first-order chi connectivity index (χ1) is 10.1. The second kappa shape index (κ2) is 5.39. The fourth-order valence-corrected chi connectivity index (χ4v) is 2.33. The summed E-state index contributed by atoms with van der Waals surface area (Å²) in [6, 6.07) is 11.1. The van der Waals surface area contributed by atoms with Gasteiger partial charge in [0.2, 0.25) is 5.82 Å². The second-order valence-corrected chi connectivity index (χ2v) is 5.42. The van der Waals surface area contributed by atoms with Gasteiger partial charge in [0.25, 0.3) is 5.89 Å². The molecule has 6 heteroatoms. The molecule has 0 saturated carbocycles. The average molecular weight is 320 g/mol. The minimum Gasteiger partial charge on any atom is -0.397 e. The zero-order valence-corrected chi connectivity index (χ0v) is 12.6. The number of nitrogens with zero attached hydrogens (tertiary/aromatic N) is 2. The molecule has 21 heavy (non-hydrogen) atoms. The van der Waals surface area contributed by atoms with Crippen LogP contribution in [-0.4, -0.2) is 10.1 Å². The number of halogens is 2. The Bertz CT molecular complexity index is 797. The minimum absolute atomic E-state index is 0.246. The van der Waals surface area contributed by atoms with Gasteiger partial charge >= 0.3 is 0 Å². The van der Waals surface area contributed by atoms with Crippen LogP contribution in [0.2, 0.25) is 10.0 Å². The van der Waals surface area contributed by atoms with Gasteiger partial charge in [0.05, 0.1) is 21.3 Å². The van der Waals surface area contributed by atoms with Gasteiger partial charge in [-0.15, -0.1) is 0 Å². The zero-order valence-electron chi connectivity index (χ0n) is 11.1. The molecule has 0 radical (unpaired) electrons. The van der Waals surface area contributed by atoms with Crippen LogP contribution in [0.4, 0.5) is 5.69 Å². The number of benzene rings is 2. The highest BCUT2D eigenvalue weighted by Gasteiger charge is 2.18. The van der Waals surface area contributed by atoms with E-state index in [0.717, 1.165) is 11.1 Å². The van der Waals surface area contributed by atoms with Gasteiger partial charge in [-0.2, -0.15) is 4.98 Å². The summed E-state index contributed by atoms with van der Waals surface area (Å²) in [4.78, 5) is 4.34. The van der Waals surface area contributed by atoms with Gasteiger partial charge in [-0.05, 0) is 19.1 Å². The summed E-state index contributed by atoms with van der Waals surface area (Å²) in [5.74, 6) is 0.719. The molecular weight excluding hydrogens is 309 g/mol. The van der Waals surface area contributed by atoms with Crippen molar-refractivity contribution < 1.29 is 4.52 Å². The first kappa shape index (κ1) is 13.9. The molecule has 2 aromatic carbocycles. The van der Waals surface area contributed by atoms with Crippen LogP contribution in [0.15, 0.2) is 40.9 Å². The molecule has 0 aliphatic carbocycles. The molecule has 2 N–H and O–H groups in total. The Kier molecular flexibility index (Phi) is 3.57. The third kappa shape index (κ3) is 2.60. The summed E-state index contributed by atoms with van der Waals surface area (Å²) in [5.41, 5.74) is 8.73. The lowest BCUT2D eigenvalue weighted by molar-refractivity contribution is 0.432. The van der Waals surface area contributed by atoms with Crippen molar-refractivity contribution in [1.82, 2.24) is 10.1 Å². The Balaban J connectivity index is 2.07. The van der Waals surface area contributed by atoms with Crippen LogP contribution >= 0.6 is 23.2 Å². The van der Waals surface area contributed by atoms with E-state index >= 15 is 0 Å². The van der Waals surface area contributed by atoms with Crippen molar-refractivity contribution in [2.75, 3.05) is 5.73 Å². The molecule has 3 rings (SSSR count). The number of aromatic nitrogens is 2. The monoisotopic (exact) mass is 319 g/mol. The summed E-state index contributed by atoms with van der Waals surface area (Å²) in [6.07, 6.45) is 0. The fourth-order valence-electron chi connectivity index (χ4n) is 1.93. The first-order valence-corrected chi connectivity index (χ1v) is 6.96. The largest absolute Gasteiger partial charge is 0.397 e. The van der Waals surface area contributed by atoms with E-state index in [2.05, 4.69) is 10.1 Å². The van der Waals surface area contributed by atoms with E-state index in [-0.39, 0.29) is 5.89 Å². The Morgan fingerprint density at radius 3 is 2.38 bits per heavy atom. The van der Waals surface area contributed by atoms with E-state index in [0.29, 0.717) is 27.1 Å². The number of nitrogen functional groups attached to an aromatic ring is 1. The molecule has 3 aromatic rings. The SMILES string of the molecule is Cc1ccc(-c2noc(-c3c(Cl)ccc(Cl)c3N)n2)cc1. The minimum atomic E-state index is 0.246. The lowest BCUT2D eigenvalue weighted by atomic mass is 10.1. The standard InChI is InChI=1S/C15H11Cl2N3O/c1-8-2-4-9(5-3-8)14-19-15(21-20-14)12-10(16)6-7-11(17)13(12)18/h2-7H,18H2,1H3. The molecule has 0 aliphatic heterocycles. The van der Waals surface area contributed by atoms with Gasteiger partial charge in [-0.1, -0.05) is 58.2 Å². The van der Waals surface area contributed by atoms with E-state index in [1.807, 2.05) is 31.2 Å². The van der Waals surface area contributed by atoms with Crippen molar-refractivity contribution >= 4 is 28.9 Å². The van der Waals surface area contributed by atoms with Gasteiger partial charge in [0, 0.05) is 5.56 Å². The summed E-state index contributed by atoms with van der Waals surface area (Å²) in [5, 5.41) is 4.77. The van der Waals surface area contributed by atoms with Crippen molar-refractivity contribution in [3.8, 4) is 22.8 Å². The van der Waals surface area contributed by atoms with Crippen LogP contribution in [-0.2, 0) is 0 Å². The van der Waals surface area contributed by atoms with Crippen LogP contribution in [0.5, 0.6) is 0 Å². The first-order valence-electron chi connectivity index (χ1n) is 6.21. The number of aryl methyl sites for hydroxylation is 1. The third-order valence-electron chi connectivity index (χ3n) is 3.09. The van der Waals surface area contributed by atoms with Gasteiger partial charge in [0.1, 0.15) is 0 Å². The van der Waals surface area contributed by atoms with Crippen molar-refractivity contribution in [3.05, 3.63) is 52.0 Å². The molecule has 106 valence electrons. The van der Waals surface area contributed by atoms with Crippen LogP contribution in [0, 0.1) is 6.92 Å². The highest BCUT2D eigenvalue weighted by atomic mass is 35.5. The predicted octanol–water partition coefficient (Wildman–Crippen LogP) is 4.60. The Labute approximate surface area is 131 Å². The average Bonchev–Trinajstić information content (AvgIpc) is 2.94. The maximum atomic E-state index is 6.15. The molecule has 1 heterocycles. The molecule has 0 atom stereocenters. The lowest BCUT2D eigenvalue weighted by Crippen LogP contribution is -1.92. The molecule has 0 saturated heterocycles. The number of anilines is 1. The quantitative estimate of drug-likeness (QED) is 0.701.